The molecule has 0 aliphatic rings. The van der Waals surface area contributed by atoms with Gasteiger partial charge in [-0.15, -0.1) is 0 Å². The van der Waals surface area contributed by atoms with E-state index in [9.17, 15) is 9.59 Å². The molecule has 0 aliphatic carbocycles. The molecule has 2 amide bonds. The van der Waals surface area contributed by atoms with E-state index < -0.39 is 11.8 Å². The molecule has 0 unspecified atom stereocenters. The van der Waals surface area contributed by atoms with Gasteiger partial charge in [0.05, 0.1) is 18.3 Å². The van der Waals surface area contributed by atoms with E-state index in [-0.39, 0.29) is 0 Å². The Labute approximate surface area is 144 Å². The summed E-state index contributed by atoms with van der Waals surface area (Å²) in [6, 6.07) is 12.1. The van der Waals surface area contributed by atoms with E-state index in [1.807, 2.05) is 19.1 Å². The summed E-state index contributed by atoms with van der Waals surface area (Å²) in [7, 11) is 1.52. The monoisotopic (exact) mass is 345 g/mol. The Morgan fingerprint density at radius 1 is 1.12 bits per heavy atom. The molecule has 0 aliphatic heterocycles. The molecule has 0 radical (unpaired) electrons. The number of nitrogens with one attached hydrogen (secondary N) is 2. The first-order valence-electron chi connectivity index (χ1n) is 7.04. The van der Waals surface area contributed by atoms with Crippen LogP contribution in [-0.2, 0) is 9.59 Å². The van der Waals surface area contributed by atoms with Gasteiger partial charge in [-0.05, 0) is 42.8 Å². The fraction of sp³-hybridized carbons (Fsp3) is 0.118. The molecule has 2 rings (SSSR count). The molecule has 0 heterocycles. The number of hydrazone groups is 1. The van der Waals surface area contributed by atoms with E-state index >= 15 is 0 Å². The lowest BCUT2D eigenvalue weighted by Gasteiger charge is -2.04. The Hall–Kier alpha value is -2.86. The summed E-state index contributed by atoms with van der Waals surface area (Å²) < 4.78 is 5.04. The van der Waals surface area contributed by atoms with Crippen molar-refractivity contribution in [1.82, 2.24) is 5.43 Å². The lowest BCUT2D eigenvalue weighted by atomic mass is 10.2. The topological polar surface area (TPSA) is 79.8 Å². The molecule has 0 spiro atoms. The van der Waals surface area contributed by atoms with Gasteiger partial charge in [0, 0.05) is 5.69 Å². The summed E-state index contributed by atoms with van der Waals surface area (Å²) in [6.45, 7) is 1.93. The van der Waals surface area contributed by atoms with Crippen LogP contribution in [0.3, 0.4) is 0 Å². The molecule has 0 aromatic heterocycles. The van der Waals surface area contributed by atoms with Gasteiger partial charge in [0.15, 0.2) is 0 Å². The molecule has 0 saturated heterocycles. The van der Waals surface area contributed by atoms with Crippen molar-refractivity contribution in [1.29, 1.82) is 0 Å². The van der Waals surface area contributed by atoms with Crippen LogP contribution in [0.4, 0.5) is 5.69 Å². The van der Waals surface area contributed by atoms with E-state index in [2.05, 4.69) is 15.8 Å². The van der Waals surface area contributed by atoms with Crippen LogP contribution in [0.15, 0.2) is 47.6 Å². The minimum Gasteiger partial charge on any atom is -0.495 e. The van der Waals surface area contributed by atoms with Gasteiger partial charge in [0.2, 0.25) is 0 Å². The van der Waals surface area contributed by atoms with Crippen molar-refractivity contribution in [2.24, 2.45) is 5.10 Å². The van der Waals surface area contributed by atoms with Gasteiger partial charge < -0.3 is 10.1 Å². The van der Waals surface area contributed by atoms with E-state index in [0.29, 0.717) is 22.0 Å². The summed E-state index contributed by atoms with van der Waals surface area (Å²) in [4.78, 5) is 23.4. The van der Waals surface area contributed by atoms with Crippen molar-refractivity contribution in [2.45, 2.75) is 6.92 Å². The number of amides is 2. The molecule has 24 heavy (non-hydrogen) atoms. The number of methoxy groups -OCH3 is 1. The second-order valence-corrected chi connectivity index (χ2v) is 5.32. The van der Waals surface area contributed by atoms with Gasteiger partial charge in [-0.3, -0.25) is 9.59 Å². The van der Waals surface area contributed by atoms with Gasteiger partial charge >= 0.3 is 11.8 Å². The predicted molar refractivity (Wildman–Crippen MR) is 93.5 cm³/mol. The maximum atomic E-state index is 11.7. The van der Waals surface area contributed by atoms with E-state index in [1.54, 1.807) is 30.3 Å². The highest BCUT2D eigenvalue weighted by atomic mass is 35.5. The minimum absolute atomic E-state index is 0.421. The molecule has 7 heteroatoms. The summed E-state index contributed by atoms with van der Waals surface area (Å²) in [5.74, 6) is -1.13. The third kappa shape index (κ3) is 4.82. The zero-order valence-electron chi connectivity index (χ0n) is 13.2. The van der Waals surface area contributed by atoms with Crippen molar-refractivity contribution in [2.75, 3.05) is 12.4 Å². The van der Waals surface area contributed by atoms with Gasteiger partial charge in [0.1, 0.15) is 5.75 Å². The first-order valence-corrected chi connectivity index (χ1v) is 7.42. The average Bonchev–Trinajstić information content (AvgIpc) is 2.57. The maximum Gasteiger partial charge on any atom is 0.329 e. The molecule has 2 N–H and O–H groups in total. The molecule has 2 aromatic rings. The smallest absolute Gasteiger partial charge is 0.329 e. The first-order chi connectivity index (χ1) is 11.5. The maximum absolute atomic E-state index is 11.7. The highest BCUT2D eigenvalue weighted by Gasteiger charge is 2.12. The van der Waals surface area contributed by atoms with Gasteiger partial charge in [-0.2, -0.15) is 5.10 Å². The number of aryl methyl sites for hydroxylation is 1. The Balaban J connectivity index is 1.90. The fourth-order valence-corrected chi connectivity index (χ4v) is 2.07. The van der Waals surface area contributed by atoms with Crippen LogP contribution in [0, 0.1) is 6.92 Å². The number of halogens is 1. The average molecular weight is 346 g/mol. The summed E-state index contributed by atoms with van der Waals surface area (Å²) in [6.07, 6.45) is 1.38. The third-order valence-corrected chi connectivity index (χ3v) is 3.37. The lowest BCUT2D eigenvalue weighted by Crippen LogP contribution is -2.32. The fourth-order valence-electron chi connectivity index (χ4n) is 1.80. The zero-order chi connectivity index (χ0) is 17.5. The summed E-state index contributed by atoms with van der Waals surface area (Å²) in [5.41, 5.74) is 4.40. The first kappa shape index (κ1) is 17.5. The molecule has 124 valence electrons. The van der Waals surface area contributed by atoms with Crippen molar-refractivity contribution >= 4 is 35.3 Å². The van der Waals surface area contributed by atoms with Crippen LogP contribution in [0.25, 0.3) is 0 Å². The second kappa shape index (κ2) is 8.12. The number of hydrogen-bond donors (Lipinski definition) is 2. The Morgan fingerprint density at radius 2 is 1.83 bits per heavy atom. The van der Waals surface area contributed by atoms with Crippen molar-refractivity contribution in [3.8, 4) is 5.75 Å². The molecule has 6 nitrogen and oxygen atoms in total. The van der Waals surface area contributed by atoms with Crippen LogP contribution in [0.2, 0.25) is 5.02 Å². The number of carbonyl (C=O) groups is 2. The zero-order valence-corrected chi connectivity index (χ0v) is 13.9. The van der Waals surface area contributed by atoms with E-state index in [4.69, 9.17) is 16.3 Å². The molecular weight excluding hydrogens is 330 g/mol. The minimum atomic E-state index is -0.869. The standard InChI is InChI=1S/C17H16ClN3O3/c1-11-3-6-13(7-4-11)20-16(22)17(23)21-19-10-12-5-8-15(24-2)14(18)9-12/h3-10H,1-2H3,(H,20,22)(H,21,23)/b19-10-. The van der Waals surface area contributed by atoms with E-state index in [0.717, 1.165) is 5.56 Å². The number of ether oxygens (including phenoxy) is 1. The number of anilines is 1. The molecular formula is C17H16ClN3O3. The number of benzene rings is 2. The Kier molecular flexibility index (Phi) is 5.92. The van der Waals surface area contributed by atoms with Crippen molar-refractivity contribution in [3.63, 3.8) is 0 Å². The third-order valence-electron chi connectivity index (χ3n) is 3.07. The predicted octanol–water partition coefficient (Wildman–Crippen LogP) is 2.75. The number of rotatable bonds is 4. The molecule has 0 saturated carbocycles. The number of hydrogen-bond acceptors (Lipinski definition) is 4. The number of nitrogens with zero attached hydrogens (tertiary/aromatic N) is 1. The lowest BCUT2D eigenvalue weighted by molar-refractivity contribution is -0.136. The normalized spacial score (nSPS) is 10.5. The van der Waals surface area contributed by atoms with Gasteiger partial charge in [0.25, 0.3) is 0 Å². The summed E-state index contributed by atoms with van der Waals surface area (Å²) >= 11 is 5.98. The van der Waals surface area contributed by atoms with Crippen LogP contribution in [0.5, 0.6) is 5.75 Å². The van der Waals surface area contributed by atoms with Gasteiger partial charge in [-0.25, -0.2) is 5.43 Å². The van der Waals surface area contributed by atoms with Gasteiger partial charge in [-0.1, -0.05) is 29.3 Å². The second-order valence-electron chi connectivity index (χ2n) is 4.91. The SMILES string of the molecule is COc1ccc(/C=N\NC(=O)C(=O)Nc2ccc(C)cc2)cc1Cl. The van der Waals surface area contributed by atoms with Crippen LogP contribution >= 0.6 is 11.6 Å². The summed E-state index contributed by atoms with van der Waals surface area (Å²) in [5, 5.41) is 6.63. The Bertz CT molecular complexity index is 773. The highest BCUT2D eigenvalue weighted by molar-refractivity contribution is 6.39. The number of carbonyl (C=O) groups excluding carboxylic acids is 2. The molecule has 2 aromatic carbocycles. The van der Waals surface area contributed by atoms with Crippen molar-refractivity contribution < 1.29 is 14.3 Å². The molecule has 0 atom stereocenters. The quantitative estimate of drug-likeness (QED) is 0.508. The van der Waals surface area contributed by atoms with Crippen LogP contribution in [-0.4, -0.2) is 25.1 Å². The Morgan fingerprint density at radius 3 is 2.46 bits per heavy atom. The highest BCUT2D eigenvalue weighted by Crippen LogP contribution is 2.24. The van der Waals surface area contributed by atoms with Crippen LogP contribution < -0.4 is 15.5 Å². The van der Waals surface area contributed by atoms with Crippen LogP contribution in [0.1, 0.15) is 11.1 Å². The van der Waals surface area contributed by atoms with E-state index in [1.165, 1.54) is 13.3 Å². The molecule has 0 bridgehead atoms. The largest absolute Gasteiger partial charge is 0.495 e. The van der Waals surface area contributed by atoms with Crippen molar-refractivity contribution in [3.05, 3.63) is 58.6 Å². The molecule has 0 fully saturated rings.